The van der Waals surface area contributed by atoms with Crippen molar-refractivity contribution in [2.75, 3.05) is 18.9 Å². The predicted octanol–water partition coefficient (Wildman–Crippen LogP) is 5.99. The maximum atomic E-state index is 10.4. The summed E-state index contributed by atoms with van der Waals surface area (Å²) in [7, 11) is -2.50. The summed E-state index contributed by atoms with van der Waals surface area (Å²) in [6, 6.07) is 16.9. The average Bonchev–Trinajstić information content (AvgIpc) is 2.69. The summed E-state index contributed by atoms with van der Waals surface area (Å²) in [6.07, 6.45) is 5.52. The molecule has 1 unspecified atom stereocenters. The third kappa shape index (κ3) is 10.0. The van der Waals surface area contributed by atoms with Crippen LogP contribution in [-0.4, -0.2) is 23.8 Å². The molecular weight excluding hydrogens is 413 g/mol. The highest BCUT2D eigenvalue weighted by atomic mass is 35.5. The summed E-state index contributed by atoms with van der Waals surface area (Å²) >= 11 is 8.25. The number of hydrogen-bond donors (Lipinski definition) is 2. The lowest BCUT2D eigenvalue weighted by molar-refractivity contribution is 0.276. The summed E-state index contributed by atoms with van der Waals surface area (Å²) in [5, 5.41) is 4.04. The SMILES string of the molecule is O=[P+](O)OCCCNCc1ccc(SCCCCCc2ccccc2)cc1Cl. The van der Waals surface area contributed by atoms with Crippen molar-refractivity contribution >= 4 is 31.6 Å². The summed E-state index contributed by atoms with van der Waals surface area (Å²) in [4.78, 5) is 9.75. The van der Waals surface area contributed by atoms with Crippen molar-refractivity contribution in [2.24, 2.45) is 0 Å². The molecule has 1 atom stereocenters. The molecule has 0 amide bonds. The summed E-state index contributed by atoms with van der Waals surface area (Å²) in [5.41, 5.74) is 2.48. The van der Waals surface area contributed by atoms with E-state index in [-0.39, 0.29) is 6.61 Å². The highest BCUT2D eigenvalue weighted by molar-refractivity contribution is 7.99. The molecule has 0 saturated carbocycles. The number of rotatable bonds is 14. The number of thioether (sulfide) groups is 1. The van der Waals surface area contributed by atoms with Crippen molar-refractivity contribution < 1.29 is 14.0 Å². The highest BCUT2D eigenvalue weighted by Gasteiger charge is 2.10. The molecule has 0 aliphatic heterocycles. The molecule has 2 aromatic rings. The van der Waals surface area contributed by atoms with Gasteiger partial charge in [-0.15, -0.1) is 21.2 Å². The summed E-state index contributed by atoms with van der Waals surface area (Å²) in [6.45, 7) is 1.65. The Morgan fingerprint density at radius 2 is 1.89 bits per heavy atom. The standard InChI is InChI=1S/C21H27ClNO3PS/c22-21-16-20(12-11-19(21)17-23-13-7-14-26-27(24)25)28-15-6-2-5-10-18-8-3-1-4-9-18/h1,3-4,8-9,11-12,16,23H,2,5-7,10,13-15,17H2/p+1. The van der Waals surface area contributed by atoms with E-state index in [9.17, 15) is 4.57 Å². The zero-order valence-electron chi connectivity index (χ0n) is 16.0. The third-order valence-corrected chi connectivity index (χ3v) is 6.10. The van der Waals surface area contributed by atoms with Gasteiger partial charge in [0.05, 0.1) is 0 Å². The van der Waals surface area contributed by atoms with Crippen molar-refractivity contribution in [1.82, 2.24) is 5.32 Å². The quantitative estimate of drug-likeness (QED) is 0.214. The van der Waals surface area contributed by atoms with Crippen LogP contribution >= 0.6 is 31.6 Å². The fraction of sp³-hybridized carbons (Fsp3) is 0.429. The topological polar surface area (TPSA) is 58.6 Å². The number of hydrogen-bond acceptors (Lipinski definition) is 4. The van der Waals surface area contributed by atoms with Gasteiger partial charge in [0.1, 0.15) is 6.61 Å². The molecule has 0 radical (unpaired) electrons. The van der Waals surface area contributed by atoms with Crippen LogP contribution in [0.15, 0.2) is 53.4 Å². The van der Waals surface area contributed by atoms with Gasteiger partial charge < -0.3 is 5.32 Å². The van der Waals surface area contributed by atoms with Gasteiger partial charge >= 0.3 is 8.25 Å². The molecule has 2 N–H and O–H groups in total. The highest BCUT2D eigenvalue weighted by Crippen LogP contribution is 2.26. The zero-order valence-corrected chi connectivity index (χ0v) is 18.4. The molecule has 152 valence electrons. The first-order valence-electron chi connectivity index (χ1n) is 9.60. The third-order valence-electron chi connectivity index (χ3n) is 4.26. The number of benzene rings is 2. The minimum absolute atomic E-state index is 0.271. The molecule has 0 aliphatic rings. The van der Waals surface area contributed by atoms with E-state index < -0.39 is 8.25 Å². The second-order valence-corrected chi connectivity index (χ2v) is 8.81. The molecule has 28 heavy (non-hydrogen) atoms. The maximum absolute atomic E-state index is 10.4. The van der Waals surface area contributed by atoms with Crippen LogP contribution in [0, 0.1) is 0 Å². The predicted molar refractivity (Wildman–Crippen MR) is 118 cm³/mol. The van der Waals surface area contributed by atoms with E-state index in [1.165, 1.54) is 29.7 Å². The number of aryl methyl sites for hydroxylation is 1. The van der Waals surface area contributed by atoms with E-state index in [1.54, 1.807) is 0 Å². The van der Waals surface area contributed by atoms with Crippen molar-refractivity contribution in [3.63, 3.8) is 0 Å². The molecule has 7 heteroatoms. The van der Waals surface area contributed by atoms with Crippen molar-refractivity contribution in [3.8, 4) is 0 Å². The lowest BCUT2D eigenvalue weighted by Gasteiger charge is -2.08. The number of halogens is 1. The Hall–Kier alpha value is -0.940. The Kier molecular flexibility index (Phi) is 11.8. The molecule has 0 aliphatic carbocycles. The van der Waals surface area contributed by atoms with Crippen LogP contribution in [0.25, 0.3) is 0 Å². The van der Waals surface area contributed by atoms with Gasteiger partial charge in [-0.05, 0) is 61.2 Å². The monoisotopic (exact) mass is 440 g/mol. The molecule has 4 nitrogen and oxygen atoms in total. The van der Waals surface area contributed by atoms with Crippen LogP contribution in [-0.2, 0) is 22.1 Å². The minimum Gasteiger partial charge on any atom is -0.313 e. The molecule has 0 saturated heterocycles. The second-order valence-electron chi connectivity index (χ2n) is 6.50. The summed E-state index contributed by atoms with van der Waals surface area (Å²) < 4.78 is 15.0. The number of nitrogens with one attached hydrogen (secondary N) is 1. The molecule has 0 heterocycles. The Bertz CT molecular complexity index is 718. The molecular formula is C21H28ClNO3PS+. The van der Waals surface area contributed by atoms with Crippen molar-refractivity contribution in [1.29, 1.82) is 0 Å². The van der Waals surface area contributed by atoms with Gasteiger partial charge in [0.2, 0.25) is 0 Å². The molecule has 0 aromatic heterocycles. The van der Waals surface area contributed by atoms with Crippen LogP contribution in [0.5, 0.6) is 0 Å². The first kappa shape index (κ1) is 23.3. The molecule has 2 rings (SSSR count). The molecule has 0 bridgehead atoms. The van der Waals surface area contributed by atoms with Gasteiger partial charge in [-0.25, -0.2) is 0 Å². The molecule has 0 fully saturated rings. The van der Waals surface area contributed by atoms with Crippen LogP contribution in [0.4, 0.5) is 0 Å². The van der Waals surface area contributed by atoms with Gasteiger partial charge in [-0.3, -0.25) is 0 Å². The maximum Gasteiger partial charge on any atom is 0.694 e. The van der Waals surface area contributed by atoms with Crippen LogP contribution in [0.3, 0.4) is 0 Å². The van der Waals surface area contributed by atoms with E-state index in [2.05, 4.69) is 52.3 Å². The van der Waals surface area contributed by atoms with E-state index >= 15 is 0 Å². The van der Waals surface area contributed by atoms with E-state index in [0.29, 0.717) is 19.5 Å². The van der Waals surface area contributed by atoms with Crippen LogP contribution in [0.2, 0.25) is 5.02 Å². The van der Waals surface area contributed by atoms with E-state index in [0.717, 1.165) is 22.8 Å². The molecule has 0 spiro atoms. The van der Waals surface area contributed by atoms with Gasteiger partial charge in [0, 0.05) is 21.0 Å². The van der Waals surface area contributed by atoms with Crippen molar-refractivity contribution in [2.45, 2.75) is 43.5 Å². The average molecular weight is 441 g/mol. The van der Waals surface area contributed by atoms with Gasteiger partial charge in [0.25, 0.3) is 0 Å². The lowest BCUT2D eigenvalue weighted by atomic mass is 10.1. The smallest absolute Gasteiger partial charge is 0.313 e. The Balaban J connectivity index is 1.57. The lowest BCUT2D eigenvalue weighted by Crippen LogP contribution is -2.16. The van der Waals surface area contributed by atoms with Crippen molar-refractivity contribution in [3.05, 3.63) is 64.7 Å². The zero-order chi connectivity index (χ0) is 20.0. The van der Waals surface area contributed by atoms with E-state index in [4.69, 9.17) is 16.5 Å². The first-order chi connectivity index (χ1) is 13.6. The van der Waals surface area contributed by atoms with Crippen LogP contribution < -0.4 is 5.32 Å². The molecule has 2 aromatic carbocycles. The fourth-order valence-electron chi connectivity index (χ4n) is 2.77. The summed E-state index contributed by atoms with van der Waals surface area (Å²) in [5.74, 6) is 1.11. The minimum atomic E-state index is -2.50. The first-order valence-corrected chi connectivity index (χ1v) is 12.1. The number of unbranched alkanes of at least 4 members (excludes halogenated alkanes) is 2. The Morgan fingerprint density at radius 3 is 2.64 bits per heavy atom. The van der Waals surface area contributed by atoms with Crippen LogP contribution in [0.1, 0.15) is 36.8 Å². The Morgan fingerprint density at radius 1 is 1.07 bits per heavy atom. The van der Waals surface area contributed by atoms with Gasteiger partial charge in [0.15, 0.2) is 0 Å². The normalized spacial score (nSPS) is 11.6. The fourth-order valence-corrected chi connectivity index (χ4v) is 4.31. The second kappa shape index (κ2) is 14.1. The largest absolute Gasteiger partial charge is 0.694 e. The Labute approximate surface area is 178 Å². The van der Waals surface area contributed by atoms with Gasteiger partial charge in [-0.1, -0.05) is 54.4 Å². The van der Waals surface area contributed by atoms with Gasteiger partial charge in [-0.2, -0.15) is 0 Å². The van der Waals surface area contributed by atoms with E-state index in [1.807, 2.05) is 17.8 Å².